The maximum Gasteiger partial charge on any atom is 0.231 e. The van der Waals surface area contributed by atoms with Gasteiger partial charge in [-0.2, -0.15) is 0 Å². The first-order valence-electron chi connectivity index (χ1n) is 11.5. The molecule has 31 heavy (non-hydrogen) atoms. The second-order valence-corrected chi connectivity index (χ2v) is 9.98. The zero-order chi connectivity index (χ0) is 21.6. The van der Waals surface area contributed by atoms with Gasteiger partial charge >= 0.3 is 0 Å². The third-order valence-electron chi connectivity index (χ3n) is 6.93. The summed E-state index contributed by atoms with van der Waals surface area (Å²) < 4.78 is 1.93. The summed E-state index contributed by atoms with van der Waals surface area (Å²) in [6.45, 7) is 4.34. The van der Waals surface area contributed by atoms with E-state index in [1.807, 2.05) is 34.9 Å². The number of nitrogens with zero attached hydrogens (tertiary/aromatic N) is 1. The van der Waals surface area contributed by atoms with Crippen LogP contribution < -0.4 is 5.32 Å². The third-order valence-corrected chi connectivity index (χ3v) is 6.93. The number of hydrogen-bond donors (Lipinski definition) is 1. The van der Waals surface area contributed by atoms with E-state index in [4.69, 9.17) is 0 Å². The topological polar surface area (TPSA) is 51.1 Å². The van der Waals surface area contributed by atoms with Crippen LogP contribution in [0, 0.1) is 5.41 Å². The van der Waals surface area contributed by atoms with Crippen molar-refractivity contribution in [1.29, 1.82) is 0 Å². The van der Waals surface area contributed by atoms with Gasteiger partial charge in [0.25, 0.3) is 0 Å². The van der Waals surface area contributed by atoms with Crippen molar-refractivity contribution in [2.45, 2.75) is 64.8 Å². The molecule has 4 nitrogen and oxygen atoms in total. The number of nitrogens with one attached hydrogen (secondary N) is 1. The van der Waals surface area contributed by atoms with Crippen molar-refractivity contribution in [2.24, 2.45) is 5.41 Å². The van der Waals surface area contributed by atoms with E-state index in [1.54, 1.807) is 0 Å². The van der Waals surface area contributed by atoms with E-state index >= 15 is 0 Å². The van der Waals surface area contributed by atoms with Crippen LogP contribution in [0.5, 0.6) is 0 Å². The van der Waals surface area contributed by atoms with Crippen LogP contribution in [0.1, 0.15) is 73.2 Å². The molecule has 3 aromatic rings. The Morgan fingerprint density at radius 3 is 2.58 bits per heavy atom. The Kier molecular flexibility index (Phi) is 4.96. The van der Waals surface area contributed by atoms with E-state index in [0.29, 0.717) is 18.0 Å². The molecule has 1 aliphatic carbocycles. The summed E-state index contributed by atoms with van der Waals surface area (Å²) >= 11 is 0. The van der Waals surface area contributed by atoms with Crippen molar-refractivity contribution in [2.75, 3.05) is 5.32 Å². The molecule has 0 amide bonds. The van der Waals surface area contributed by atoms with Crippen molar-refractivity contribution in [3.05, 3.63) is 53.7 Å². The monoisotopic (exact) mass is 414 g/mol. The minimum atomic E-state index is -0.0673. The predicted octanol–water partition coefficient (Wildman–Crippen LogP) is 6.48. The lowest BCUT2D eigenvalue weighted by molar-refractivity contribution is 0.0816. The lowest BCUT2D eigenvalue weighted by Gasteiger charge is -2.30. The fraction of sp³-hybridized carbons (Fsp3) is 0.407. The number of carbonyl (C=O) groups is 2. The standard InChI is InChI=1S/C27H30N2O2/c1-27(2)15-24-26(21-10-6-7-11-23(21)29(24)25(31)16-27)18-12-13-19(17-30)22(14-18)28-20-8-4-3-5-9-20/h6-7,10-14,17,20,28H,3-5,8-9,15-16H2,1-2H3. The molecule has 1 aromatic heterocycles. The minimum Gasteiger partial charge on any atom is -0.382 e. The third kappa shape index (κ3) is 3.58. The number of aromatic nitrogens is 1. The van der Waals surface area contributed by atoms with E-state index < -0.39 is 0 Å². The molecule has 0 saturated heterocycles. The van der Waals surface area contributed by atoms with Crippen LogP contribution >= 0.6 is 0 Å². The van der Waals surface area contributed by atoms with Crippen LogP contribution in [0.25, 0.3) is 22.0 Å². The molecule has 4 heteroatoms. The maximum atomic E-state index is 13.1. The smallest absolute Gasteiger partial charge is 0.231 e. The Labute approximate surface area is 183 Å². The summed E-state index contributed by atoms with van der Waals surface area (Å²) in [7, 11) is 0. The van der Waals surface area contributed by atoms with Crippen LogP contribution in [0.2, 0.25) is 0 Å². The molecule has 1 saturated carbocycles. The molecular formula is C27H30N2O2. The number of para-hydroxylation sites is 1. The van der Waals surface area contributed by atoms with E-state index in [9.17, 15) is 9.59 Å². The fourth-order valence-corrected chi connectivity index (χ4v) is 5.48. The second-order valence-electron chi connectivity index (χ2n) is 9.98. The van der Waals surface area contributed by atoms with Gasteiger partial charge in [-0.05, 0) is 48.4 Å². The van der Waals surface area contributed by atoms with Gasteiger partial charge in [0.05, 0.1) is 5.52 Å². The summed E-state index contributed by atoms with van der Waals surface area (Å²) in [5, 5.41) is 4.75. The number of anilines is 1. The number of rotatable bonds is 4. The average Bonchev–Trinajstić information content (AvgIpc) is 3.07. The van der Waals surface area contributed by atoms with E-state index in [2.05, 4.69) is 31.3 Å². The predicted molar refractivity (Wildman–Crippen MR) is 126 cm³/mol. The molecule has 2 heterocycles. The molecule has 0 unspecified atom stereocenters. The molecule has 0 radical (unpaired) electrons. The van der Waals surface area contributed by atoms with E-state index in [0.717, 1.165) is 59.0 Å². The highest BCUT2D eigenvalue weighted by atomic mass is 16.2. The summed E-state index contributed by atoms with van der Waals surface area (Å²) in [5.41, 5.74) is 5.80. The highest BCUT2D eigenvalue weighted by Crippen LogP contribution is 2.43. The van der Waals surface area contributed by atoms with Crippen molar-refractivity contribution in [1.82, 2.24) is 4.57 Å². The summed E-state index contributed by atoms with van der Waals surface area (Å²) in [4.78, 5) is 24.8. The fourth-order valence-electron chi connectivity index (χ4n) is 5.48. The molecule has 2 aliphatic rings. The van der Waals surface area contributed by atoms with Gasteiger partial charge < -0.3 is 5.32 Å². The lowest BCUT2D eigenvalue weighted by Crippen LogP contribution is -2.31. The minimum absolute atomic E-state index is 0.0673. The first-order chi connectivity index (χ1) is 15.0. The maximum absolute atomic E-state index is 13.1. The molecule has 5 rings (SSSR count). The van der Waals surface area contributed by atoms with Gasteiger partial charge in [0.15, 0.2) is 6.29 Å². The molecular weight excluding hydrogens is 384 g/mol. The van der Waals surface area contributed by atoms with Gasteiger partial charge in [-0.15, -0.1) is 0 Å². The van der Waals surface area contributed by atoms with Crippen molar-refractivity contribution < 1.29 is 9.59 Å². The van der Waals surface area contributed by atoms with Gasteiger partial charge in [0.1, 0.15) is 0 Å². The molecule has 1 fully saturated rings. The van der Waals surface area contributed by atoms with Gasteiger partial charge in [-0.1, -0.05) is 57.4 Å². The quantitative estimate of drug-likeness (QED) is 0.497. The molecule has 0 bridgehead atoms. The van der Waals surface area contributed by atoms with Crippen LogP contribution in [-0.4, -0.2) is 22.8 Å². The zero-order valence-electron chi connectivity index (χ0n) is 18.4. The molecule has 0 spiro atoms. The first kappa shape index (κ1) is 20.0. The Morgan fingerprint density at radius 1 is 1.03 bits per heavy atom. The molecule has 1 aliphatic heterocycles. The highest BCUT2D eigenvalue weighted by molar-refractivity contribution is 6.05. The van der Waals surface area contributed by atoms with Gasteiger partial charge in [-0.25, -0.2) is 0 Å². The van der Waals surface area contributed by atoms with E-state index in [1.165, 1.54) is 19.3 Å². The summed E-state index contributed by atoms with van der Waals surface area (Å²) in [6.07, 6.45) is 8.41. The summed E-state index contributed by atoms with van der Waals surface area (Å²) in [6, 6.07) is 14.7. The van der Waals surface area contributed by atoms with Crippen LogP contribution in [0.15, 0.2) is 42.5 Å². The SMILES string of the molecule is CC1(C)CC(=O)n2c(c(-c3ccc(C=O)c(NC4CCCCC4)c3)c3ccccc32)C1. The Morgan fingerprint density at radius 2 is 1.81 bits per heavy atom. The molecule has 160 valence electrons. The van der Waals surface area contributed by atoms with Crippen LogP contribution in [0.4, 0.5) is 5.69 Å². The highest BCUT2D eigenvalue weighted by Gasteiger charge is 2.35. The molecule has 0 atom stereocenters. The van der Waals surface area contributed by atoms with Gasteiger partial charge in [0, 0.05) is 40.4 Å². The number of benzene rings is 2. The molecule has 1 N–H and O–H groups in total. The Bertz CT molecular complexity index is 1170. The lowest BCUT2D eigenvalue weighted by atomic mass is 9.80. The number of aldehydes is 1. The Balaban J connectivity index is 1.67. The zero-order valence-corrected chi connectivity index (χ0v) is 18.4. The normalized spacial score (nSPS) is 18.7. The van der Waals surface area contributed by atoms with Crippen LogP contribution in [0.3, 0.4) is 0 Å². The Hall–Kier alpha value is -2.88. The number of hydrogen-bond acceptors (Lipinski definition) is 3. The first-order valence-corrected chi connectivity index (χ1v) is 11.5. The second kappa shape index (κ2) is 7.67. The molecule has 2 aromatic carbocycles. The van der Waals surface area contributed by atoms with Crippen molar-refractivity contribution in [3.8, 4) is 11.1 Å². The van der Waals surface area contributed by atoms with Crippen LogP contribution in [-0.2, 0) is 6.42 Å². The number of fused-ring (bicyclic) bond motifs is 3. The van der Waals surface area contributed by atoms with Crippen molar-refractivity contribution in [3.63, 3.8) is 0 Å². The van der Waals surface area contributed by atoms with Crippen molar-refractivity contribution >= 4 is 28.8 Å². The number of carbonyl (C=O) groups excluding carboxylic acids is 2. The largest absolute Gasteiger partial charge is 0.382 e. The average molecular weight is 415 g/mol. The van der Waals surface area contributed by atoms with Gasteiger partial charge in [0.2, 0.25) is 5.91 Å². The summed E-state index contributed by atoms with van der Waals surface area (Å²) in [5.74, 6) is 0.166. The van der Waals surface area contributed by atoms with E-state index in [-0.39, 0.29) is 11.3 Å². The van der Waals surface area contributed by atoms with Gasteiger partial charge in [-0.3, -0.25) is 14.2 Å².